The van der Waals surface area contributed by atoms with E-state index in [1.54, 1.807) is 31.2 Å². The Bertz CT molecular complexity index is 848. The van der Waals surface area contributed by atoms with E-state index in [2.05, 4.69) is 10.2 Å². The lowest BCUT2D eigenvalue weighted by Gasteiger charge is -2.12. The molecule has 0 N–H and O–H groups in total. The molecule has 0 bridgehead atoms. The van der Waals surface area contributed by atoms with E-state index in [4.69, 9.17) is 16.3 Å². The summed E-state index contributed by atoms with van der Waals surface area (Å²) in [6.07, 6.45) is 0.971. The quantitative estimate of drug-likeness (QED) is 0.766. The molecule has 2 aromatic rings. The van der Waals surface area contributed by atoms with Crippen LogP contribution in [0.4, 0.5) is 0 Å². The van der Waals surface area contributed by atoms with Crippen molar-refractivity contribution in [2.24, 2.45) is 0 Å². The Kier molecular flexibility index (Phi) is 4.80. The van der Waals surface area contributed by atoms with Crippen LogP contribution in [0.1, 0.15) is 29.0 Å². The van der Waals surface area contributed by atoms with Gasteiger partial charge in [0.25, 0.3) is 5.91 Å². The van der Waals surface area contributed by atoms with E-state index in [1.165, 1.54) is 4.80 Å². The highest BCUT2D eigenvalue weighted by atomic mass is 35.5. The molecule has 1 fully saturated rings. The van der Waals surface area contributed by atoms with Crippen LogP contribution < -0.4 is 0 Å². The lowest BCUT2D eigenvalue weighted by molar-refractivity contribution is -0.143. The molecule has 0 unspecified atom stereocenters. The highest BCUT2D eigenvalue weighted by Gasteiger charge is 2.28. The van der Waals surface area contributed by atoms with Crippen molar-refractivity contribution in [2.75, 3.05) is 13.2 Å². The van der Waals surface area contributed by atoms with Crippen LogP contribution in [-0.4, -0.2) is 50.8 Å². The van der Waals surface area contributed by atoms with E-state index < -0.39 is 18.5 Å². The van der Waals surface area contributed by atoms with Gasteiger partial charge in [-0.1, -0.05) is 17.7 Å². The minimum Gasteiger partial charge on any atom is -0.451 e. The van der Waals surface area contributed by atoms with Gasteiger partial charge < -0.3 is 4.74 Å². The molecule has 1 aromatic heterocycles. The minimum atomic E-state index is -0.772. The fourth-order valence-electron chi connectivity index (χ4n) is 2.47. The molecule has 8 nitrogen and oxygen atoms in total. The number of amides is 2. The summed E-state index contributed by atoms with van der Waals surface area (Å²) < 4.78 is 4.98. The van der Waals surface area contributed by atoms with E-state index in [9.17, 15) is 14.4 Å². The summed E-state index contributed by atoms with van der Waals surface area (Å²) in [4.78, 5) is 37.9. The number of aromatic nitrogens is 3. The van der Waals surface area contributed by atoms with E-state index in [0.29, 0.717) is 35.8 Å². The van der Waals surface area contributed by atoms with Crippen molar-refractivity contribution < 1.29 is 19.1 Å². The summed E-state index contributed by atoms with van der Waals surface area (Å²) >= 11 is 5.93. The van der Waals surface area contributed by atoms with Gasteiger partial charge in [-0.25, -0.2) is 4.79 Å². The topological polar surface area (TPSA) is 94.4 Å². The number of carbonyl (C=O) groups excluding carboxylic acids is 3. The first-order valence-corrected chi connectivity index (χ1v) is 8.03. The average molecular weight is 363 g/mol. The molecule has 2 amide bonds. The van der Waals surface area contributed by atoms with Gasteiger partial charge in [0.15, 0.2) is 12.3 Å². The molecule has 0 atom stereocenters. The Hall–Kier alpha value is -2.74. The molecule has 25 heavy (non-hydrogen) atoms. The number of hydrogen-bond donors (Lipinski definition) is 0. The highest BCUT2D eigenvalue weighted by molar-refractivity contribution is 6.30. The number of carbonyl (C=O) groups is 3. The number of likely N-dealkylation sites (tertiary alicyclic amines) is 1. The number of ether oxygens (including phenoxy) is 1. The van der Waals surface area contributed by atoms with Gasteiger partial charge >= 0.3 is 5.97 Å². The summed E-state index contributed by atoms with van der Waals surface area (Å²) in [5, 5.41) is 8.76. The lowest BCUT2D eigenvalue weighted by Crippen LogP contribution is -2.35. The molecular formula is C16H15ClN4O4. The van der Waals surface area contributed by atoms with Crippen LogP contribution >= 0.6 is 11.6 Å². The molecule has 2 heterocycles. The number of halogens is 1. The van der Waals surface area contributed by atoms with Gasteiger partial charge in [-0.05, 0) is 31.5 Å². The van der Waals surface area contributed by atoms with Gasteiger partial charge in [0.05, 0.1) is 11.4 Å². The number of hydrogen-bond acceptors (Lipinski definition) is 6. The molecular weight excluding hydrogens is 348 g/mol. The third-order valence-electron chi connectivity index (χ3n) is 3.72. The molecule has 1 aliphatic heterocycles. The van der Waals surface area contributed by atoms with Crippen molar-refractivity contribution in [2.45, 2.75) is 19.8 Å². The molecule has 1 aliphatic rings. The first-order valence-electron chi connectivity index (χ1n) is 7.66. The smallest absolute Gasteiger partial charge is 0.361 e. The van der Waals surface area contributed by atoms with Crippen molar-refractivity contribution >= 4 is 29.4 Å². The molecule has 0 saturated carbocycles. The number of aryl methyl sites for hydroxylation is 1. The molecule has 0 aliphatic carbocycles. The van der Waals surface area contributed by atoms with Crippen molar-refractivity contribution in [3.8, 4) is 5.69 Å². The van der Waals surface area contributed by atoms with Gasteiger partial charge in [-0.3, -0.25) is 14.5 Å². The number of rotatable bonds is 4. The maximum atomic E-state index is 12.2. The third-order valence-corrected chi connectivity index (χ3v) is 3.95. The molecule has 130 valence electrons. The maximum absolute atomic E-state index is 12.2. The standard InChI is InChI=1S/C16H15ClN4O4/c1-10-15(19-21(18-10)12-5-2-4-11(17)8-12)16(24)25-9-14(23)20-7-3-6-13(20)22/h2,4-5,8H,3,6-7,9H2,1H3. The van der Waals surface area contributed by atoms with E-state index >= 15 is 0 Å². The Labute approximate surface area is 148 Å². The zero-order valence-electron chi connectivity index (χ0n) is 13.4. The van der Waals surface area contributed by atoms with Crippen LogP contribution in [0.2, 0.25) is 5.02 Å². The van der Waals surface area contributed by atoms with E-state index in [1.807, 2.05) is 0 Å². The maximum Gasteiger partial charge on any atom is 0.361 e. The van der Waals surface area contributed by atoms with Gasteiger partial charge in [0.2, 0.25) is 5.91 Å². The van der Waals surface area contributed by atoms with E-state index in [0.717, 1.165) is 4.90 Å². The molecule has 1 aromatic carbocycles. The Balaban J connectivity index is 1.68. The van der Waals surface area contributed by atoms with Crippen molar-refractivity contribution in [3.05, 3.63) is 40.7 Å². The van der Waals surface area contributed by atoms with Crippen LogP contribution in [-0.2, 0) is 14.3 Å². The molecule has 3 rings (SSSR count). The first-order chi connectivity index (χ1) is 12.0. The Morgan fingerprint density at radius 3 is 2.80 bits per heavy atom. The van der Waals surface area contributed by atoms with Gasteiger partial charge in [0.1, 0.15) is 0 Å². The van der Waals surface area contributed by atoms with Crippen molar-refractivity contribution in [1.29, 1.82) is 0 Å². The molecule has 9 heteroatoms. The monoisotopic (exact) mass is 362 g/mol. The fraction of sp³-hybridized carbons (Fsp3) is 0.312. The van der Waals surface area contributed by atoms with Gasteiger partial charge in [-0.2, -0.15) is 9.90 Å². The van der Waals surface area contributed by atoms with Crippen molar-refractivity contribution in [1.82, 2.24) is 19.9 Å². The third kappa shape index (κ3) is 3.69. The Morgan fingerprint density at radius 1 is 1.32 bits per heavy atom. The van der Waals surface area contributed by atoms with Crippen LogP contribution in [0.5, 0.6) is 0 Å². The summed E-state index contributed by atoms with van der Waals surface area (Å²) in [6.45, 7) is 1.46. The SMILES string of the molecule is Cc1nn(-c2cccc(Cl)c2)nc1C(=O)OCC(=O)N1CCCC1=O. The van der Waals surface area contributed by atoms with Gasteiger partial charge in [0, 0.05) is 18.0 Å². The second-order valence-corrected chi connectivity index (χ2v) is 5.96. The molecule has 0 radical (unpaired) electrons. The summed E-state index contributed by atoms with van der Waals surface area (Å²) in [6, 6.07) is 6.84. The van der Waals surface area contributed by atoms with Gasteiger partial charge in [-0.15, -0.1) is 5.10 Å². The molecule has 1 saturated heterocycles. The van der Waals surface area contributed by atoms with E-state index in [-0.39, 0.29) is 11.6 Å². The van der Waals surface area contributed by atoms with Crippen LogP contribution in [0.3, 0.4) is 0 Å². The highest BCUT2D eigenvalue weighted by Crippen LogP contribution is 2.15. The Morgan fingerprint density at radius 2 is 2.12 bits per heavy atom. The first kappa shape index (κ1) is 17.1. The zero-order chi connectivity index (χ0) is 18.0. The molecule has 0 spiro atoms. The van der Waals surface area contributed by atoms with Crippen LogP contribution in [0.15, 0.2) is 24.3 Å². The fourth-order valence-corrected chi connectivity index (χ4v) is 2.65. The predicted octanol–water partition coefficient (Wildman–Crippen LogP) is 1.53. The lowest BCUT2D eigenvalue weighted by atomic mass is 10.3. The second kappa shape index (κ2) is 7.02. The van der Waals surface area contributed by atoms with Crippen LogP contribution in [0, 0.1) is 6.92 Å². The second-order valence-electron chi connectivity index (χ2n) is 5.52. The zero-order valence-corrected chi connectivity index (χ0v) is 14.2. The number of nitrogens with zero attached hydrogens (tertiary/aromatic N) is 4. The largest absolute Gasteiger partial charge is 0.451 e. The summed E-state index contributed by atoms with van der Waals surface area (Å²) in [5.41, 5.74) is 0.948. The minimum absolute atomic E-state index is 0.000485. The predicted molar refractivity (Wildman–Crippen MR) is 87.3 cm³/mol. The number of benzene rings is 1. The van der Waals surface area contributed by atoms with Crippen LogP contribution in [0.25, 0.3) is 5.69 Å². The number of imide groups is 1. The number of esters is 1. The normalized spacial score (nSPS) is 14.0. The summed E-state index contributed by atoms with van der Waals surface area (Å²) in [7, 11) is 0. The summed E-state index contributed by atoms with van der Waals surface area (Å²) in [5.74, 6) is -1.55. The average Bonchev–Trinajstić information content (AvgIpc) is 3.18. The van der Waals surface area contributed by atoms with Crippen molar-refractivity contribution in [3.63, 3.8) is 0 Å².